The van der Waals surface area contributed by atoms with Crippen LogP contribution in [0.1, 0.15) is 16.8 Å². The van der Waals surface area contributed by atoms with Crippen molar-refractivity contribution in [2.45, 2.75) is 6.42 Å². The molecule has 126 valence electrons. The van der Waals surface area contributed by atoms with E-state index in [1.165, 1.54) is 0 Å². The molecule has 0 saturated heterocycles. The number of fused-ring (bicyclic) bond motifs is 2. The molecule has 1 N–H and O–H groups in total. The second-order valence-corrected chi connectivity index (χ2v) is 6.06. The number of carbonyl (C=O) groups is 1. The molecule has 0 aliphatic rings. The fourth-order valence-electron chi connectivity index (χ4n) is 2.68. The number of hydrogen-bond acceptors (Lipinski definition) is 2. The Balaban J connectivity index is 0.00000208. The molecule has 3 aromatic rings. The van der Waals surface area contributed by atoms with E-state index >= 15 is 0 Å². The van der Waals surface area contributed by atoms with Gasteiger partial charge in [-0.1, -0.05) is 0 Å². The minimum Gasteiger partial charge on any atom is -1.00 e. The highest BCUT2D eigenvalue weighted by Gasteiger charge is 2.09. The first-order chi connectivity index (χ1) is 11.1. The van der Waals surface area contributed by atoms with Gasteiger partial charge in [-0.3, -0.25) is 4.79 Å². The van der Waals surface area contributed by atoms with Crippen molar-refractivity contribution < 1.29 is 21.6 Å². The van der Waals surface area contributed by atoms with Gasteiger partial charge < -0.3 is 22.6 Å². The summed E-state index contributed by atoms with van der Waals surface area (Å²) in [5.74, 6) is -0.00790. The van der Waals surface area contributed by atoms with Gasteiger partial charge in [-0.2, -0.15) is 4.40 Å². The third-order valence-corrected chi connectivity index (χ3v) is 3.92. The molecule has 3 rings (SSSR count). The first-order valence-electron chi connectivity index (χ1n) is 7.90. The topological polar surface area (TPSA) is 36.4 Å². The Morgan fingerprint density at radius 2 is 1.96 bits per heavy atom. The number of hydrogen-bond donors (Lipinski definition) is 1. The van der Waals surface area contributed by atoms with Crippen molar-refractivity contribution in [1.29, 1.82) is 0 Å². The smallest absolute Gasteiger partial charge is 0.251 e. The number of nitrogens with one attached hydrogen (secondary N) is 1. The highest BCUT2D eigenvalue weighted by Crippen LogP contribution is 2.16. The van der Waals surface area contributed by atoms with Gasteiger partial charge >= 0.3 is 0 Å². The number of halogens is 1. The number of amides is 1. The second-order valence-electron chi connectivity index (χ2n) is 6.06. The van der Waals surface area contributed by atoms with Crippen molar-refractivity contribution in [2.24, 2.45) is 0 Å². The van der Waals surface area contributed by atoms with Crippen LogP contribution in [0.15, 0.2) is 54.9 Å². The van der Waals surface area contributed by atoms with E-state index in [0.717, 1.165) is 29.3 Å². The number of benzene rings is 1. The summed E-state index contributed by atoms with van der Waals surface area (Å²) in [6.07, 6.45) is 5.07. The Labute approximate surface area is 148 Å². The van der Waals surface area contributed by atoms with Gasteiger partial charge in [0.15, 0.2) is 12.4 Å². The average molecular weight is 344 g/mol. The molecule has 0 bridgehead atoms. The van der Waals surface area contributed by atoms with E-state index in [1.54, 1.807) is 0 Å². The maximum absolute atomic E-state index is 12.3. The van der Waals surface area contributed by atoms with Gasteiger partial charge in [0.1, 0.15) is 0 Å². The van der Waals surface area contributed by atoms with Crippen LogP contribution in [0.3, 0.4) is 0 Å². The van der Waals surface area contributed by atoms with E-state index in [0.29, 0.717) is 12.1 Å². The zero-order valence-corrected chi connectivity index (χ0v) is 14.8. The number of carbonyl (C=O) groups excluding carboxylic acids is 1. The van der Waals surface area contributed by atoms with Gasteiger partial charge in [-0.25, -0.2) is 0 Å². The summed E-state index contributed by atoms with van der Waals surface area (Å²) < 4.78 is 2.09. The van der Waals surface area contributed by atoms with Crippen LogP contribution < -0.4 is 22.1 Å². The molecule has 2 aromatic heterocycles. The summed E-state index contributed by atoms with van der Waals surface area (Å²) in [5, 5.41) is 5.19. The van der Waals surface area contributed by atoms with E-state index < -0.39 is 0 Å². The lowest BCUT2D eigenvalue weighted by atomic mass is 10.1. The summed E-state index contributed by atoms with van der Waals surface area (Å²) in [7, 11) is 4.07. The van der Waals surface area contributed by atoms with Crippen LogP contribution in [-0.2, 0) is 0 Å². The predicted molar refractivity (Wildman–Crippen MR) is 92.6 cm³/mol. The summed E-state index contributed by atoms with van der Waals surface area (Å²) in [6.45, 7) is 1.67. The molecule has 0 atom stereocenters. The summed E-state index contributed by atoms with van der Waals surface area (Å²) in [5.41, 5.74) is 1.83. The van der Waals surface area contributed by atoms with E-state index in [-0.39, 0.29) is 18.3 Å². The predicted octanol–water partition coefficient (Wildman–Crippen LogP) is -0.736. The minimum atomic E-state index is -0.00790. The Morgan fingerprint density at radius 3 is 2.75 bits per heavy atom. The lowest BCUT2D eigenvalue weighted by Crippen LogP contribution is -3.00. The molecule has 0 spiro atoms. The summed E-state index contributed by atoms with van der Waals surface area (Å²) in [4.78, 5) is 14.4. The zero-order chi connectivity index (χ0) is 16.2. The van der Waals surface area contributed by atoms with Crippen LogP contribution in [0.4, 0.5) is 0 Å². The highest BCUT2D eigenvalue weighted by atomic mass is 35.5. The molecule has 0 aliphatic heterocycles. The molecule has 0 fully saturated rings. The van der Waals surface area contributed by atoms with E-state index in [4.69, 9.17) is 0 Å². The number of pyridine rings is 2. The van der Waals surface area contributed by atoms with E-state index in [9.17, 15) is 4.79 Å². The largest absolute Gasteiger partial charge is 1.00 e. The molecule has 4 nitrogen and oxygen atoms in total. The molecule has 5 heteroatoms. The van der Waals surface area contributed by atoms with E-state index in [1.807, 2.05) is 50.6 Å². The van der Waals surface area contributed by atoms with Crippen molar-refractivity contribution in [3.63, 3.8) is 0 Å². The fraction of sp³-hybridized carbons (Fsp3) is 0.263. The fourth-order valence-corrected chi connectivity index (χ4v) is 2.68. The molecule has 0 radical (unpaired) electrons. The molecule has 0 saturated carbocycles. The van der Waals surface area contributed by atoms with Crippen molar-refractivity contribution in [1.82, 2.24) is 10.2 Å². The van der Waals surface area contributed by atoms with Gasteiger partial charge in [0, 0.05) is 35.7 Å². The third kappa shape index (κ3) is 4.22. The van der Waals surface area contributed by atoms with Crippen molar-refractivity contribution in [3.05, 3.63) is 60.4 Å². The first kappa shape index (κ1) is 18.2. The average Bonchev–Trinajstić information content (AvgIpc) is 2.56. The number of rotatable bonds is 5. The van der Waals surface area contributed by atoms with Gasteiger partial charge in [0.05, 0.1) is 0 Å². The maximum atomic E-state index is 12.3. The quantitative estimate of drug-likeness (QED) is 0.376. The highest BCUT2D eigenvalue weighted by molar-refractivity contribution is 5.98. The molecular weight excluding hydrogens is 322 g/mol. The van der Waals surface area contributed by atoms with E-state index in [2.05, 4.69) is 32.9 Å². The normalized spacial score (nSPS) is 10.8. The van der Waals surface area contributed by atoms with Crippen LogP contribution in [0.2, 0.25) is 0 Å². The maximum Gasteiger partial charge on any atom is 0.251 e. The minimum absolute atomic E-state index is 0. The van der Waals surface area contributed by atoms with Crippen LogP contribution in [0.5, 0.6) is 0 Å². The standard InChI is InChI=1S/C19H21N3O.ClH/c1-21(2)10-5-9-20-19(23)15-7-8-16-14-22-11-4-3-6-18(22)13-17(16)12-15;/h3-4,6-8,11-14H,5,9-10H2,1-2H3;1H. The SMILES string of the molecule is CN(C)CCCNC(=O)c1ccc2c[n+]3ccccc3cc2c1.[Cl-]. The van der Waals surface area contributed by atoms with Gasteiger partial charge in [0.2, 0.25) is 5.52 Å². The van der Waals surface area contributed by atoms with Crippen LogP contribution in [-0.4, -0.2) is 38.0 Å². The van der Waals surface area contributed by atoms with Crippen molar-refractivity contribution in [3.8, 4) is 0 Å². The monoisotopic (exact) mass is 343 g/mol. The van der Waals surface area contributed by atoms with Crippen molar-refractivity contribution in [2.75, 3.05) is 27.2 Å². The van der Waals surface area contributed by atoms with Gasteiger partial charge in [-0.05, 0) is 56.7 Å². The lowest BCUT2D eigenvalue weighted by molar-refractivity contribution is -0.510. The van der Waals surface area contributed by atoms with Gasteiger partial charge in [-0.15, -0.1) is 0 Å². The molecular formula is C19H22ClN3O. The Hall–Kier alpha value is -2.17. The molecule has 0 aliphatic carbocycles. The number of nitrogens with zero attached hydrogens (tertiary/aromatic N) is 2. The van der Waals surface area contributed by atoms with Gasteiger partial charge in [0.25, 0.3) is 5.91 Å². The molecule has 0 unspecified atom stereocenters. The molecule has 1 aromatic carbocycles. The van der Waals surface area contributed by atoms with Crippen LogP contribution in [0.25, 0.3) is 16.3 Å². The molecule has 24 heavy (non-hydrogen) atoms. The third-order valence-electron chi connectivity index (χ3n) is 3.92. The Morgan fingerprint density at radius 1 is 1.12 bits per heavy atom. The van der Waals surface area contributed by atoms with Crippen LogP contribution >= 0.6 is 0 Å². The lowest BCUT2D eigenvalue weighted by Gasteiger charge is -2.10. The number of aromatic nitrogens is 1. The zero-order valence-electron chi connectivity index (χ0n) is 14.0. The second kappa shape index (κ2) is 8.08. The summed E-state index contributed by atoms with van der Waals surface area (Å²) in [6, 6.07) is 14.1. The molecule has 2 heterocycles. The van der Waals surface area contributed by atoms with Crippen molar-refractivity contribution >= 4 is 22.2 Å². The Bertz CT molecular complexity index is 848. The Kier molecular flexibility index (Phi) is 6.12. The molecule has 1 amide bonds. The first-order valence-corrected chi connectivity index (χ1v) is 7.90. The van der Waals surface area contributed by atoms with Crippen LogP contribution in [0, 0.1) is 0 Å². The summed E-state index contributed by atoms with van der Waals surface area (Å²) >= 11 is 0.